The summed E-state index contributed by atoms with van der Waals surface area (Å²) >= 11 is 0. The van der Waals surface area contributed by atoms with Gasteiger partial charge in [0.05, 0.1) is 16.9 Å². The summed E-state index contributed by atoms with van der Waals surface area (Å²) in [5.41, 5.74) is 6.26. The SMILES string of the molecule is COC(=O)C(CCCC1(N)CCCC1)NS(=O)(=O)c1ccc([N+](=O)OC)cc1. The van der Waals surface area contributed by atoms with Crippen LogP contribution in [0.4, 0.5) is 5.69 Å². The van der Waals surface area contributed by atoms with Crippen LogP contribution in [0.2, 0.25) is 0 Å². The standard InChI is InChI=1S/C18H28N3O6S/c1-26-17(22)16(6-5-13-18(19)11-3-4-12-18)20-28(24,25)15-9-7-14(8-10-15)21(23)27-2/h7-10,16,20H,3-6,11-13,19H2,1-2H3/q+1. The van der Waals surface area contributed by atoms with Crippen molar-refractivity contribution in [3.05, 3.63) is 29.2 Å². The third kappa shape index (κ3) is 5.73. The van der Waals surface area contributed by atoms with E-state index in [1.165, 1.54) is 38.5 Å². The fraction of sp³-hybridized carbons (Fsp3) is 0.611. The fourth-order valence-electron chi connectivity index (χ4n) is 3.46. The average Bonchev–Trinajstić information content (AvgIpc) is 3.12. The summed E-state index contributed by atoms with van der Waals surface area (Å²) in [6.07, 6.45) is 5.73. The van der Waals surface area contributed by atoms with Gasteiger partial charge in [0.15, 0.2) is 7.11 Å². The zero-order valence-electron chi connectivity index (χ0n) is 16.2. The summed E-state index contributed by atoms with van der Waals surface area (Å²) in [6.45, 7) is 0. The van der Waals surface area contributed by atoms with E-state index in [0.29, 0.717) is 12.8 Å². The molecule has 1 saturated carbocycles. The molecule has 1 atom stereocenters. The number of benzene rings is 1. The molecule has 0 aliphatic heterocycles. The molecule has 0 spiro atoms. The maximum atomic E-state index is 12.6. The summed E-state index contributed by atoms with van der Waals surface area (Å²) in [4.78, 5) is 28.2. The van der Waals surface area contributed by atoms with E-state index in [0.717, 1.165) is 32.1 Å². The van der Waals surface area contributed by atoms with Crippen LogP contribution in [0, 0.1) is 4.91 Å². The Balaban J connectivity index is 2.05. The number of nitrogens with two attached hydrogens (primary N) is 1. The lowest BCUT2D eigenvalue weighted by atomic mass is 9.91. The molecule has 1 aliphatic rings. The van der Waals surface area contributed by atoms with Gasteiger partial charge in [0.1, 0.15) is 6.04 Å². The highest BCUT2D eigenvalue weighted by Crippen LogP contribution is 2.31. The lowest BCUT2D eigenvalue weighted by Crippen LogP contribution is -2.42. The van der Waals surface area contributed by atoms with E-state index in [1.54, 1.807) is 0 Å². The second kappa shape index (κ2) is 9.44. The molecule has 0 bridgehead atoms. The fourth-order valence-corrected chi connectivity index (χ4v) is 4.68. The van der Waals surface area contributed by atoms with Crippen LogP contribution in [0.3, 0.4) is 0 Å². The van der Waals surface area contributed by atoms with Crippen LogP contribution in [0.25, 0.3) is 0 Å². The third-order valence-corrected chi connectivity index (χ3v) is 6.56. The van der Waals surface area contributed by atoms with E-state index in [1.807, 2.05) is 0 Å². The molecule has 0 heterocycles. The van der Waals surface area contributed by atoms with Crippen LogP contribution >= 0.6 is 0 Å². The molecule has 3 N–H and O–H groups in total. The Morgan fingerprint density at radius 3 is 2.39 bits per heavy atom. The number of nitrogens with zero attached hydrogens (tertiary/aromatic N) is 1. The molecule has 28 heavy (non-hydrogen) atoms. The van der Waals surface area contributed by atoms with Gasteiger partial charge in [0.2, 0.25) is 10.0 Å². The number of carbonyl (C=O) groups excluding carboxylic acids is 1. The molecular formula is C18H28N3O6S+. The van der Waals surface area contributed by atoms with Crippen LogP contribution in [0.15, 0.2) is 29.2 Å². The van der Waals surface area contributed by atoms with E-state index in [2.05, 4.69) is 9.56 Å². The lowest BCUT2D eigenvalue weighted by Gasteiger charge is -2.24. The number of hydrogen-bond donors (Lipinski definition) is 2. The van der Waals surface area contributed by atoms with Gasteiger partial charge in [-0.15, -0.1) is 0 Å². The van der Waals surface area contributed by atoms with E-state index < -0.39 is 22.0 Å². The second-order valence-corrected chi connectivity index (χ2v) is 8.81. The summed E-state index contributed by atoms with van der Waals surface area (Å²) in [6, 6.07) is 4.16. The van der Waals surface area contributed by atoms with Crippen LogP contribution in [0.5, 0.6) is 0 Å². The summed E-state index contributed by atoms with van der Waals surface area (Å²) in [5.74, 6) is -0.650. The Labute approximate surface area is 165 Å². The number of rotatable bonds is 10. The number of methoxy groups -OCH3 is 1. The minimum atomic E-state index is -3.97. The first-order valence-electron chi connectivity index (χ1n) is 9.21. The van der Waals surface area contributed by atoms with Crippen LogP contribution in [-0.2, 0) is 24.4 Å². The van der Waals surface area contributed by atoms with Crippen LogP contribution in [0.1, 0.15) is 44.9 Å². The molecule has 0 saturated heterocycles. The maximum absolute atomic E-state index is 12.6. The largest absolute Gasteiger partial charge is 0.468 e. The molecule has 1 aromatic rings. The van der Waals surface area contributed by atoms with Gasteiger partial charge in [-0.25, -0.2) is 13.3 Å². The average molecular weight is 415 g/mol. The molecule has 1 aromatic carbocycles. The van der Waals surface area contributed by atoms with Crippen LogP contribution < -0.4 is 10.5 Å². The Kier molecular flexibility index (Phi) is 7.50. The first-order chi connectivity index (χ1) is 13.2. The van der Waals surface area contributed by atoms with Gasteiger partial charge in [-0.1, -0.05) is 12.8 Å². The van der Waals surface area contributed by atoms with Gasteiger partial charge in [0, 0.05) is 17.7 Å². The molecule has 1 unspecified atom stereocenters. The first kappa shape index (κ1) is 22.3. The highest BCUT2D eigenvalue weighted by molar-refractivity contribution is 7.89. The maximum Gasteiger partial charge on any atom is 0.323 e. The molecule has 0 amide bonds. The summed E-state index contributed by atoms with van der Waals surface area (Å²) in [7, 11) is -1.55. The van der Waals surface area contributed by atoms with Gasteiger partial charge >= 0.3 is 11.7 Å². The Morgan fingerprint density at radius 2 is 1.86 bits per heavy atom. The number of sulfonamides is 1. The lowest BCUT2D eigenvalue weighted by molar-refractivity contribution is -0.736. The predicted molar refractivity (Wildman–Crippen MR) is 102 cm³/mol. The van der Waals surface area contributed by atoms with E-state index in [4.69, 9.17) is 10.5 Å². The highest BCUT2D eigenvalue weighted by atomic mass is 32.2. The molecule has 0 aromatic heterocycles. The van der Waals surface area contributed by atoms with Crippen molar-refractivity contribution < 1.29 is 27.7 Å². The quantitative estimate of drug-likeness (QED) is 0.442. The Bertz CT molecular complexity index is 788. The highest BCUT2D eigenvalue weighted by Gasteiger charge is 2.31. The molecular weight excluding hydrogens is 386 g/mol. The second-order valence-electron chi connectivity index (χ2n) is 7.09. The molecule has 1 aliphatic carbocycles. The van der Waals surface area contributed by atoms with Gasteiger partial charge < -0.3 is 10.5 Å². The number of esters is 1. The van der Waals surface area contributed by atoms with Crippen LogP contribution in [-0.4, -0.2) is 45.1 Å². The Morgan fingerprint density at radius 1 is 1.25 bits per heavy atom. The summed E-state index contributed by atoms with van der Waals surface area (Å²) < 4.78 is 32.4. The van der Waals surface area contributed by atoms with Gasteiger partial charge in [-0.05, 0) is 44.2 Å². The molecule has 10 heteroatoms. The van der Waals surface area contributed by atoms with E-state index in [9.17, 15) is 18.1 Å². The smallest absolute Gasteiger partial charge is 0.323 e. The van der Waals surface area contributed by atoms with Crippen molar-refractivity contribution >= 4 is 21.7 Å². The van der Waals surface area contributed by atoms with E-state index in [-0.39, 0.29) is 21.0 Å². The number of nitrogens with one attached hydrogen (secondary N) is 1. The van der Waals surface area contributed by atoms with Gasteiger partial charge in [0.25, 0.3) is 4.92 Å². The third-order valence-electron chi connectivity index (χ3n) is 5.07. The summed E-state index contributed by atoms with van der Waals surface area (Å²) in [5, 5.41) is 0. The molecule has 0 radical (unpaired) electrons. The van der Waals surface area contributed by atoms with Crippen molar-refractivity contribution in [2.45, 2.75) is 61.4 Å². The minimum Gasteiger partial charge on any atom is -0.468 e. The van der Waals surface area contributed by atoms with E-state index >= 15 is 0 Å². The van der Waals surface area contributed by atoms with Crippen molar-refractivity contribution in [1.29, 1.82) is 0 Å². The molecule has 1 fully saturated rings. The van der Waals surface area contributed by atoms with Crippen molar-refractivity contribution in [2.24, 2.45) is 5.73 Å². The van der Waals surface area contributed by atoms with Gasteiger partial charge in [-0.2, -0.15) is 4.72 Å². The van der Waals surface area contributed by atoms with Crippen molar-refractivity contribution in [3.63, 3.8) is 0 Å². The van der Waals surface area contributed by atoms with Crippen molar-refractivity contribution in [2.75, 3.05) is 14.2 Å². The Hall–Kier alpha value is -2.04. The normalized spacial score (nSPS) is 17.1. The first-order valence-corrected chi connectivity index (χ1v) is 10.7. The molecule has 9 nitrogen and oxygen atoms in total. The molecule has 156 valence electrons. The number of carbonyl (C=O) groups is 1. The number of hydrogen-bond acceptors (Lipinski definition) is 7. The zero-order valence-corrected chi connectivity index (χ0v) is 17.0. The zero-order chi connectivity index (χ0) is 20.8. The topological polar surface area (TPSA) is 128 Å². The number of ether oxygens (including phenoxy) is 1. The van der Waals surface area contributed by atoms with Gasteiger partial charge in [-0.3, -0.25) is 4.79 Å². The van der Waals surface area contributed by atoms with Crippen molar-refractivity contribution in [1.82, 2.24) is 4.72 Å². The molecule has 2 rings (SSSR count). The monoisotopic (exact) mass is 414 g/mol. The van der Waals surface area contributed by atoms with Crippen molar-refractivity contribution in [3.8, 4) is 0 Å². The predicted octanol–water partition coefficient (Wildman–Crippen LogP) is 1.92. The minimum absolute atomic E-state index is 0.0688.